The highest BCUT2D eigenvalue weighted by Crippen LogP contribution is 2.36. The number of phenols is 1. The van der Waals surface area contributed by atoms with Crippen LogP contribution in [0.2, 0.25) is 0 Å². The summed E-state index contributed by atoms with van der Waals surface area (Å²) < 4.78 is 0. The van der Waals surface area contributed by atoms with Crippen molar-refractivity contribution in [2.24, 2.45) is 5.41 Å². The van der Waals surface area contributed by atoms with Crippen LogP contribution in [0.1, 0.15) is 75.1 Å². The van der Waals surface area contributed by atoms with Gasteiger partial charge in [-0.1, -0.05) is 63.1 Å². The van der Waals surface area contributed by atoms with Gasteiger partial charge in [-0.3, -0.25) is 0 Å². The molecular formula is C27H32O3. The molecule has 1 saturated carbocycles. The van der Waals surface area contributed by atoms with Crippen molar-refractivity contribution >= 4 is 17.6 Å². The lowest BCUT2D eigenvalue weighted by atomic mass is 9.83. The topological polar surface area (TPSA) is 57.5 Å². The molecule has 1 aliphatic rings. The molecule has 2 aromatic carbocycles. The summed E-state index contributed by atoms with van der Waals surface area (Å²) >= 11 is 0. The zero-order valence-electron chi connectivity index (χ0n) is 18.5. The fraction of sp³-hybridized carbons (Fsp3) is 0.370. The maximum absolute atomic E-state index is 11.8. The third kappa shape index (κ3) is 5.02. The molecule has 0 aromatic heterocycles. The molecule has 0 atom stereocenters. The van der Waals surface area contributed by atoms with Crippen molar-refractivity contribution in [1.82, 2.24) is 0 Å². The van der Waals surface area contributed by atoms with Crippen LogP contribution in [0.5, 0.6) is 5.75 Å². The van der Waals surface area contributed by atoms with Gasteiger partial charge in [0.2, 0.25) is 0 Å². The average Bonchev–Trinajstić information content (AvgIpc) is 2.68. The van der Waals surface area contributed by atoms with Gasteiger partial charge in [0.1, 0.15) is 5.75 Å². The summed E-state index contributed by atoms with van der Waals surface area (Å²) in [5, 5.41) is 19.4. The van der Waals surface area contributed by atoms with Crippen LogP contribution < -0.4 is 0 Å². The first-order chi connectivity index (χ1) is 14.2. The molecule has 30 heavy (non-hydrogen) atoms. The standard InChI is InChI=1S/C27H32O3/c1-18-16-22(11-10-21(18)17-24(26(29)30)27(2,3)4)25(19-8-6-5-7-9-19)20-12-14-23(28)15-13-20/h10-17,28H,5-9H2,1-4H3,(H,29,30). The number of phenolic OH excluding ortho intramolecular Hbond substituents is 1. The van der Waals surface area contributed by atoms with Crippen LogP contribution in [-0.2, 0) is 4.79 Å². The molecule has 1 aliphatic carbocycles. The highest BCUT2D eigenvalue weighted by molar-refractivity contribution is 5.94. The van der Waals surface area contributed by atoms with E-state index in [4.69, 9.17) is 0 Å². The summed E-state index contributed by atoms with van der Waals surface area (Å²) in [7, 11) is 0. The Bertz CT molecular complexity index is 978. The summed E-state index contributed by atoms with van der Waals surface area (Å²) in [6.07, 6.45) is 7.71. The summed E-state index contributed by atoms with van der Waals surface area (Å²) in [5.41, 5.74) is 6.96. The second-order valence-electron chi connectivity index (χ2n) is 9.27. The number of carbonyl (C=O) groups is 1. The number of hydrogen-bond donors (Lipinski definition) is 2. The van der Waals surface area contributed by atoms with Crippen molar-refractivity contribution in [2.75, 3.05) is 0 Å². The molecule has 0 aliphatic heterocycles. The average molecular weight is 405 g/mol. The first-order valence-electron chi connectivity index (χ1n) is 10.7. The van der Waals surface area contributed by atoms with Gasteiger partial charge in [0.25, 0.3) is 0 Å². The molecule has 1 fully saturated rings. The van der Waals surface area contributed by atoms with Gasteiger partial charge >= 0.3 is 5.97 Å². The van der Waals surface area contributed by atoms with Crippen molar-refractivity contribution in [2.45, 2.75) is 59.8 Å². The van der Waals surface area contributed by atoms with Gasteiger partial charge in [-0.05, 0) is 84.1 Å². The molecule has 0 heterocycles. The predicted molar refractivity (Wildman–Crippen MR) is 123 cm³/mol. The molecule has 3 heteroatoms. The van der Waals surface area contributed by atoms with Crippen LogP contribution in [0.25, 0.3) is 11.6 Å². The smallest absolute Gasteiger partial charge is 0.332 e. The lowest BCUT2D eigenvalue weighted by molar-refractivity contribution is -0.133. The van der Waals surface area contributed by atoms with E-state index in [0.29, 0.717) is 5.57 Å². The second kappa shape index (κ2) is 8.91. The molecule has 0 bridgehead atoms. The number of allylic oxidation sites excluding steroid dienone is 1. The van der Waals surface area contributed by atoms with Gasteiger partial charge in [0.15, 0.2) is 0 Å². The lowest BCUT2D eigenvalue weighted by Crippen LogP contribution is -2.17. The molecule has 0 amide bonds. The number of hydrogen-bond acceptors (Lipinski definition) is 2. The van der Waals surface area contributed by atoms with E-state index >= 15 is 0 Å². The van der Waals surface area contributed by atoms with Crippen molar-refractivity contribution in [3.05, 3.63) is 75.9 Å². The number of carboxylic acid groups (broad SMARTS) is 1. The Morgan fingerprint density at radius 3 is 2.07 bits per heavy atom. The minimum Gasteiger partial charge on any atom is -0.508 e. The van der Waals surface area contributed by atoms with E-state index < -0.39 is 11.4 Å². The Labute approximate surface area is 179 Å². The maximum Gasteiger partial charge on any atom is 0.332 e. The maximum atomic E-state index is 11.8. The van der Waals surface area contributed by atoms with Gasteiger partial charge in [-0.2, -0.15) is 0 Å². The third-order valence-corrected chi connectivity index (χ3v) is 5.86. The molecule has 0 spiro atoms. The number of aryl methyl sites for hydroxylation is 1. The van der Waals surface area contributed by atoms with Gasteiger partial charge in [-0.25, -0.2) is 4.79 Å². The number of aliphatic carboxylic acids is 1. The Balaban J connectivity index is 2.09. The van der Waals surface area contributed by atoms with Crippen molar-refractivity contribution in [3.63, 3.8) is 0 Å². The van der Waals surface area contributed by atoms with E-state index in [1.54, 1.807) is 18.2 Å². The molecule has 3 rings (SSSR count). The van der Waals surface area contributed by atoms with E-state index in [9.17, 15) is 15.0 Å². The Morgan fingerprint density at radius 2 is 1.53 bits per heavy atom. The predicted octanol–water partition coefficient (Wildman–Crippen LogP) is 6.98. The molecule has 2 aromatic rings. The van der Waals surface area contributed by atoms with Gasteiger partial charge in [-0.15, -0.1) is 0 Å². The van der Waals surface area contributed by atoms with E-state index in [2.05, 4.69) is 12.1 Å². The van der Waals surface area contributed by atoms with Crippen LogP contribution in [0.4, 0.5) is 0 Å². The summed E-state index contributed by atoms with van der Waals surface area (Å²) in [6, 6.07) is 13.7. The van der Waals surface area contributed by atoms with Gasteiger partial charge < -0.3 is 10.2 Å². The Morgan fingerprint density at radius 1 is 0.933 bits per heavy atom. The fourth-order valence-corrected chi connectivity index (χ4v) is 4.18. The van der Waals surface area contributed by atoms with E-state index in [-0.39, 0.29) is 5.75 Å². The van der Waals surface area contributed by atoms with E-state index in [0.717, 1.165) is 35.1 Å². The summed E-state index contributed by atoms with van der Waals surface area (Å²) in [6.45, 7) is 7.81. The highest BCUT2D eigenvalue weighted by Gasteiger charge is 2.23. The molecule has 0 saturated heterocycles. The zero-order valence-corrected chi connectivity index (χ0v) is 18.5. The third-order valence-electron chi connectivity index (χ3n) is 5.86. The van der Waals surface area contributed by atoms with Crippen LogP contribution in [-0.4, -0.2) is 16.2 Å². The lowest BCUT2D eigenvalue weighted by Gasteiger charge is -2.22. The van der Waals surface area contributed by atoms with Crippen LogP contribution in [0.3, 0.4) is 0 Å². The number of benzene rings is 2. The highest BCUT2D eigenvalue weighted by atomic mass is 16.4. The number of carboxylic acids is 1. The normalized spacial score (nSPS) is 15.2. The number of aromatic hydroxyl groups is 1. The first kappa shape index (κ1) is 21.9. The van der Waals surface area contributed by atoms with Crippen molar-refractivity contribution < 1.29 is 15.0 Å². The number of rotatable bonds is 4. The van der Waals surface area contributed by atoms with Crippen LogP contribution >= 0.6 is 0 Å². The summed E-state index contributed by atoms with van der Waals surface area (Å²) in [4.78, 5) is 11.8. The monoisotopic (exact) mass is 404 g/mol. The molecule has 0 radical (unpaired) electrons. The zero-order chi connectivity index (χ0) is 21.9. The first-order valence-corrected chi connectivity index (χ1v) is 10.7. The SMILES string of the molecule is Cc1cc(C(=C2CCCCC2)c2ccc(O)cc2)ccc1C=C(C(=O)O)C(C)(C)C. The van der Waals surface area contributed by atoms with Crippen LogP contribution in [0, 0.1) is 12.3 Å². The largest absolute Gasteiger partial charge is 0.508 e. The van der Waals surface area contributed by atoms with Crippen LogP contribution in [0.15, 0.2) is 53.6 Å². The molecule has 158 valence electrons. The molecule has 2 N–H and O–H groups in total. The fourth-order valence-electron chi connectivity index (χ4n) is 4.18. The summed E-state index contributed by atoms with van der Waals surface area (Å²) in [5.74, 6) is -0.605. The Kier molecular flexibility index (Phi) is 6.50. The molecular weight excluding hydrogens is 372 g/mol. The van der Waals surface area contributed by atoms with Crippen molar-refractivity contribution in [3.8, 4) is 5.75 Å². The van der Waals surface area contributed by atoms with Crippen molar-refractivity contribution in [1.29, 1.82) is 0 Å². The second-order valence-corrected chi connectivity index (χ2v) is 9.27. The van der Waals surface area contributed by atoms with E-state index in [1.807, 2.05) is 45.9 Å². The quantitative estimate of drug-likeness (QED) is 0.540. The Hall–Kier alpha value is -2.81. The minimum absolute atomic E-state index is 0.270. The van der Waals surface area contributed by atoms with Gasteiger partial charge in [0, 0.05) is 5.57 Å². The minimum atomic E-state index is -0.875. The molecule has 0 unspecified atom stereocenters. The van der Waals surface area contributed by atoms with E-state index in [1.165, 1.54) is 30.4 Å². The molecule has 3 nitrogen and oxygen atoms in total. The van der Waals surface area contributed by atoms with Gasteiger partial charge in [0.05, 0.1) is 0 Å².